The van der Waals surface area contributed by atoms with Crippen molar-refractivity contribution in [1.29, 1.82) is 0 Å². The Hall–Kier alpha value is -3.22. The number of ketones is 1. The van der Waals surface area contributed by atoms with Gasteiger partial charge in [-0.1, -0.05) is 19.0 Å². The molecule has 0 spiro atoms. The summed E-state index contributed by atoms with van der Waals surface area (Å²) in [5.74, 6) is 1.96. The second kappa shape index (κ2) is 7.07. The Labute approximate surface area is 162 Å². The van der Waals surface area contributed by atoms with Crippen LogP contribution in [0.2, 0.25) is 0 Å². The maximum Gasteiger partial charge on any atom is 0.258 e. The largest absolute Gasteiger partial charge is 0.494 e. The van der Waals surface area contributed by atoms with Crippen LogP contribution in [0.3, 0.4) is 0 Å². The van der Waals surface area contributed by atoms with Crippen LogP contribution < -0.4 is 9.47 Å². The molecule has 0 aliphatic carbocycles. The lowest BCUT2D eigenvalue weighted by Gasteiger charge is -2.36. The normalized spacial score (nSPS) is 15.0. The number of Topliss-reactive ketones (excluding diaryl/α,β-unsaturated/α-hetero) is 1. The molecule has 3 aromatic rings. The summed E-state index contributed by atoms with van der Waals surface area (Å²) < 4.78 is 16.9. The quantitative estimate of drug-likeness (QED) is 0.652. The van der Waals surface area contributed by atoms with E-state index in [4.69, 9.17) is 14.0 Å². The van der Waals surface area contributed by atoms with Gasteiger partial charge in [-0.3, -0.25) is 9.78 Å². The highest BCUT2D eigenvalue weighted by Crippen LogP contribution is 2.39. The van der Waals surface area contributed by atoms with E-state index in [1.807, 2.05) is 19.9 Å². The van der Waals surface area contributed by atoms with Crippen molar-refractivity contribution in [3.8, 4) is 34.3 Å². The Morgan fingerprint density at radius 2 is 2.00 bits per heavy atom. The van der Waals surface area contributed by atoms with Crippen molar-refractivity contribution >= 4 is 5.78 Å². The lowest BCUT2D eigenvalue weighted by atomic mass is 9.85. The molecule has 1 aliphatic rings. The Morgan fingerprint density at radius 1 is 1.18 bits per heavy atom. The second-order valence-electron chi connectivity index (χ2n) is 6.80. The van der Waals surface area contributed by atoms with Gasteiger partial charge < -0.3 is 14.0 Å². The zero-order chi connectivity index (χ0) is 19.7. The van der Waals surface area contributed by atoms with E-state index in [1.165, 1.54) is 0 Å². The molecule has 144 valence electrons. The number of methoxy groups -OCH3 is 1. The second-order valence-corrected chi connectivity index (χ2v) is 6.80. The molecule has 0 N–H and O–H groups in total. The summed E-state index contributed by atoms with van der Waals surface area (Å²) in [6.07, 6.45) is 5.18. The van der Waals surface area contributed by atoms with Gasteiger partial charge in [0.15, 0.2) is 5.78 Å². The number of aromatic nitrogens is 3. The topological polar surface area (TPSA) is 87.3 Å². The number of carbonyl (C=O) groups excluding carboxylic acids is 1. The van der Waals surface area contributed by atoms with Crippen LogP contribution in [0.25, 0.3) is 22.8 Å². The molecule has 7 nitrogen and oxygen atoms in total. The van der Waals surface area contributed by atoms with Crippen LogP contribution in [0.5, 0.6) is 11.5 Å². The zero-order valence-corrected chi connectivity index (χ0v) is 16.1. The third kappa shape index (κ3) is 3.02. The van der Waals surface area contributed by atoms with Crippen LogP contribution >= 0.6 is 0 Å². The van der Waals surface area contributed by atoms with Crippen molar-refractivity contribution < 1.29 is 18.8 Å². The number of benzene rings is 1. The summed E-state index contributed by atoms with van der Waals surface area (Å²) in [6.45, 7) is 4.09. The van der Waals surface area contributed by atoms with Crippen molar-refractivity contribution in [2.24, 2.45) is 0 Å². The van der Waals surface area contributed by atoms with E-state index in [-0.39, 0.29) is 5.78 Å². The molecular weight excluding hydrogens is 358 g/mol. The van der Waals surface area contributed by atoms with Crippen LogP contribution in [-0.4, -0.2) is 33.6 Å². The number of ether oxygens (including phenoxy) is 2. The van der Waals surface area contributed by atoms with Crippen LogP contribution in [0.4, 0.5) is 0 Å². The number of fused-ring (bicyclic) bond motifs is 1. The van der Waals surface area contributed by atoms with E-state index in [1.54, 1.807) is 37.7 Å². The molecule has 1 aromatic carbocycles. The molecular formula is C21H21N3O4. The summed E-state index contributed by atoms with van der Waals surface area (Å²) >= 11 is 0. The number of hydrogen-bond donors (Lipinski definition) is 0. The van der Waals surface area contributed by atoms with E-state index in [2.05, 4.69) is 15.1 Å². The Kier molecular flexibility index (Phi) is 4.58. The van der Waals surface area contributed by atoms with Crippen LogP contribution in [0.15, 0.2) is 41.2 Å². The summed E-state index contributed by atoms with van der Waals surface area (Å²) in [5.41, 5.74) is 1.49. The molecule has 0 radical (unpaired) electrons. The van der Waals surface area contributed by atoms with Gasteiger partial charge in [-0.25, -0.2) is 0 Å². The fraction of sp³-hybridized carbons (Fsp3) is 0.333. The van der Waals surface area contributed by atoms with Gasteiger partial charge in [-0.05, 0) is 37.1 Å². The minimum absolute atomic E-state index is 0.0716. The molecule has 3 heterocycles. The van der Waals surface area contributed by atoms with E-state index in [0.29, 0.717) is 46.3 Å². The van der Waals surface area contributed by atoms with Crippen molar-refractivity contribution in [2.75, 3.05) is 7.11 Å². The molecule has 0 unspecified atom stereocenters. The zero-order valence-electron chi connectivity index (χ0n) is 16.1. The van der Waals surface area contributed by atoms with Crippen molar-refractivity contribution in [3.05, 3.63) is 42.2 Å². The van der Waals surface area contributed by atoms with Gasteiger partial charge in [0, 0.05) is 11.8 Å². The van der Waals surface area contributed by atoms with E-state index in [0.717, 1.165) is 12.8 Å². The third-order valence-electron chi connectivity index (χ3n) is 5.30. The highest BCUT2D eigenvalue weighted by molar-refractivity contribution is 6.01. The first-order valence-corrected chi connectivity index (χ1v) is 9.28. The predicted octanol–water partition coefficient (Wildman–Crippen LogP) is 4.33. The molecule has 0 saturated heterocycles. The standard InChI is InChI=1S/C21H21N3O4/c1-4-21(5-2)11-16(25)15-10-13(6-7-17(15)27-21)20-23-19(24-28-20)14-8-9-22-12-18(14)26-3/h6-10,12H,4-5,11H2,1-3H3. The molecule has 0 saturated carbocycles. The van der Waals surface area contributed by atoms with Gasteiger partial charge in [0.05, 0.1) is 30.9 Å². The summed E-state index contributed by atoms with van der Waals surface area (Å²) in [7, 11) is 1.56. The third-order valence-corrected chi connectivity index (χ3v) is 5.30. The fourth-order valence-corrected chi connectivity index (χ4v) is 3.45. The monoisotopic (exact) mass is 379 g/mol. The molecule has 0 fully saturated rings. The first kappa shape index (κ1) is 18.2. The SMILES string of the molecule is CCC1(CC)CC(=O)c2cc(-c3nc(-c4ccncc4OC)no3)ccc2O1. The van der Waals surface area contributed by atoms with Crippen molar-refractivity contribution in [1.82, 2.24) is 15.1 Å². The van der Waals surface area contributed by atoms with Crippen LogP contribution in [-0.2, 0) is 0 Å². The van der Waals surface area contributed by atoms with Gasteiger partial charge in [-0.15, -0.1) is 0 Å². The van der Waals surface area contributed by atoms with Crippen LogP contribution in [0.1, 0.15) is 43.5 Å². The van der Waals surface area contributed by atoms with E-state index >= 15 is 0 Å². The fourth-order valence-electron chi connectivity index (χ4n) is 3.45. The van der Waals surface area contributed by atoms with E-state index in [9.17, 15) is 4.79 Å². The Bertz CT molecular complexity index is 1020. The predicted molar refractivity (Wildman–Crippen MR) is 102 cm³/mol. The summed E-state index contributed by atoms with van der Waals surface area (Å²) in [5, 5.41) is 4.04. The van der Waals surface area contributed by atoms with Gasteiger partial charge in [-0.2, -0.15) is 4.98 Å². The first-order valence-electron chi connectivity index (χ1n) is 9.28. The average Bonchev–Trinajstić information content (AvgIpc) is 3.23. The minimum Gasteiger partial charge on any atom is -0.494 e. The number of nitrogens with zero attached hydrogens (tertiary/aromatic N) is 3. The number of carbonyl (C=O) groups is 1. The molecule has 1 aliphatic heterocycles. The summed E-state index contributed by atoms with van der Waals surface area (Å²) in [6, 6.07) is 7.15. The highest BCUT2D eigenvalue weighted by atomic mass is 16.5. The molecule has 4 rings (SSSR count). The lowest BCUT2D eigenvalue weighted by molar-refractivity contribution is 0.0350. The smallest absolute Gasteiger partial charge is 0.258 e. The first-order chi connectivity index (χ1) is 13.6. The maximum absolute atomic E-state index is 12.7. The van der Waals surface area contributed by atoms with Gasteiger partial charge in [0.25, 0.3) is 5.89 Å². The summed E-state index contributed by atoms with van der Waals surface area (Å²) in [4.78, 5) is 21.2. The van der Waals surface area contributed by atoms with E-state index < -0.39 is 5.60 Å². The number of pyridine rings is 1. The number of rotatable bonds is 5. The van der Waals surface area contributed by atoms with Crippen molar-refractivity contribution in [2.45, 2.75) is 38.7 Å². The average molecular weight is 379 g/mol. The molecule has 28 heavy (non-hydrogen) atoms. The van der Waals surface area contributed by atoms with Gasteiger partial charge in [0.2, 0.25) is 5.82 Å². The molecule has 0 bridgehead atoms. The molecule has 0 atom stereocenters. The highest BCUT2D eigenvalue weighted by Gasteiger charge is 2.37. The Balaban J connectivity index is 1.68. The van der Waals surface area contributed by atoms with Gasteiger partial charge >= 0.3 is 0 Å². The minimum atomic E-state index is -0.416. The molecule has 7 heteroatoms. The van der Waals surface area contributed by atoms with Crippen molar-refractivity contribution in [3.63, 3.8) is 0 Å². The Morgan fingerprint density at radius 3 is 2.75 bits per heavy atom. The molecule has 2 aromatic heterocycles. The molecule has 0 amide bonds. The van der Waals surface area contributed by atoms with Crippen LogP contribution in [0, 0.1) is 0 Å². The maximum atomic E-state index is 12.7. The number of hydrogen-bond acceptors (Lipinski definition) is 7. The lowest BCUT2D eigenvalue weighted by Crippen LogP contribution is -2.40. The van der Waals surface area contributed by atoms with Gasteiger partial charge in [0.1, 0.15) is 17.1 Å².